The third kappa shape index (κ3) is 3.91. The molecule has 1 aromatic rings. The van der Waals surface area contributed by atoms with Crippen molar-refractivity contribution < 1.29 is 4.74 Å². The highest BCUT2D eigenvalue weighted by Crippen LogP contribution is 2.22. The predicted octanol–water partition coefficient (Wildman–Crippen LogP) is 2.51. The number of hydrogen-bond acceptors (Lipinski definition) is 4. The highest BCUT2D eigenvalue weighted by atomic mass is 16.5. The molecule has 1 saturated heterocycles. The van der Waals surface area contributed by atoms with Crippen molar-refractivity contribution in [3.05, 3.63) is 23.9 Å². The Kier molecular flexibility index (Phi) is 4.77. The first-order chi connectivity index (χ1) is 9.12. The summed E-state index contributed by atoms with van der Waals surface area (Å²) in [6.45, 7) is 11.2. The van der Waals surface area contributed by atoms with E-state index in [1.165, 1.54) is 5.56 Å². The van der Waals surface area contributed by atoms with Gasteiger partial charge in [0, 0.05) is 31.4 Å². The smallest absolute Gasteiger partial charge is 0.126 e. The first kappa shape index (κ1) is 14.3. The quantitative estimate of drug-likeness (QED) is 0.886. The molecule has 0 unspecified atom stereocenters. The molecular weight excluding hydrogens is 238 g/mol. The van der Waals surface area contributed by atoms with Gasteiger partial charge in [-0.25, -0.2) is 4.98 Å². The summed E-state index contributed by atoms with van der Waals surface area (Å²) in [5.74, 6) is 0.977. The lowest BCUT2D eigenvalue weighted by Gasteiger charge is -2.42. The van der Waals surface area contributed by atoms with Crippen LogP contribution in [0.4, 0.5) is 5.82 Å². The van der Waals surface area contributed by atoms with Crippen molar-refractivity contribution in [3.63, 3.8) is 0 Å². The van der Waals surface area contributed by atoms with Gasteiger partial charge in [-0.15, -0.1) is 0 Å². The van der Waals surface area contributed by atoms with Gasteiger partial charge in [0.25, 0.3) is 0 Å². The molecule has 2 rings (SSSR count). The number of nitrogens with one attached hydrogen (secondary N) is 1. The van der Waals surface area contributed by atoms with E-state index >= 15 is 0 Å². The highest BCUT2D eigenvalue weighted by Gasteiger charge is 2.30. The Hall–Kier alpha value is -1.13. The summed E-state index contributed by atoms with van der Waals surface area (Å²) >= 11 is 0. The minimum Gasteiger partial charge on any atom is -0.378 e. The Bertz CT molecular complexity index is 406. The van der Waals surface area contributed by atoms with Crippen LogP contribution >= 0.6 is 0 Å². The van der Waals surface area contributed by atoms with Crippen molar-refractivity contribution in [1.82, 2.24) is 9.88 Å². The zero-order chi connectivity index (χ0) is 13.7. The molecule has 0 saturated carbocycles. The summed E-state index contributed by atoms with van der Waals surface area (Å²) in [6, 6.07) is 4.25. The van der Waals surface area contributed by atoms with Crippen molar-refractivity contribution in [1.29, 1.82) is 0 Å². The number of pyridine rings is 1. The Labute approximate surface area is 116 Å². The SMILES string of the molecule is CCCNc1cc(CN2CCOCC2(C)C)ccn1. The zero-order valence-electron chi connectivity index (χ0n) is 12.3. The normalized spacial score (nSPS) is 19.3. The molecule has 0 atom stereocenters. The molecule has 0 bridgehead atoms. The van der Waals surface area contributed by atoms with Crippen LogP contribution in [0.1, 0.15) is 32.8 Å². The van der Waals surface area contributed by atoms with E-state index in [4.69, 9.17) is 4.74 Å². The average Bonchev–Trinajstić information content (AvgIpc) is 2.39. The molecule has 0 amide bonds. The van der Waals surface area contributed by atoms with E-state index < -0.39 is 0 Å². The average molecular weight is 263 g/mol. The predicted molar refractivity (Wildman–Crippen MR) is 78.3 cm³/mol. The molecule has 0 radical (unpaired) electrons. The van der Waals surface area contributed by atoms with Crippen molar-refractivity contribution >= 4 is 5.82 Å². The second-order valence-electron chi connectivity index (χ2n) is 5.76. The first-order valence-corrected chi connectivity index (χ1v) is 7.13. The maximum Gasteiger partial charge on any atom is 0.126 e. The molecule has 1 aromatic heterocycles. The van der Waals surface area contributed by atoms with Crippen LogP contribution < -0.4 is 5.32 Å². The Morgan fingerprint density at radius 3 is 3.05 bits per heavy atom. The zero-order valence-corrected chi connectivity index (χ0v) is 12.3. The monoisotopic (exact) mass is 263 g/mol. The lowest BCUT2D eigenvalue weighted by atomic mass is 10.0. The topological polar surface area (TPSA) is 37.4 Å². The van der Waals surface area contributed by atoms with Crippen LogP contribution in [0.2, 0.25) is 0 Å². The summed E-state index contributed by atoms with van der Waals surface area (Å²) in [7, 11) is 0. The van der Waals surface area contributed by atoms with Gasteiger partial charge < -0.3 is 10.1 Å². The molecule has 1 aliphatic rings. The van der Waals surface area contributed by atoms with E-state index in [2.05, 4.69) is 48.1 Å². The van der Waals surface area contributed by atoms with E-state index in [-0.39, 0.29) is 5.54 Å². The van der Waals surface area contributed by atoms with Crippen molar-refractivity contribution in [2.24, 2.45) is 0 Å². The van der Waals surface area contributed by atoms with Crippen LogP contribution in [0.3, 0.4) is 0 Å². The fourth-order valence-corrected chi connectivity index (χ4v) is 2.33. The summed E-state index contributed by atoms with van der Waals surface area (Å²) in [5, 5.41) is 3.34. The molecule has 2 heterocycles. The van der Waals surface area contributed by atoms with E-state index in [9.17, 15) is 0 Å². The fraction of sp³-hybridized carbons (Fsp3) is 0.667. The molecule has 1 fully saturated rings. The van der Waals surface area contributed by atoms with E-state index in [0.29, 0.717) is 0 Å². The summed E-state index contributed by atoms with van der Waals surface area (Å²) in [6.07, 6.45) is 3.00. The molecule has 1 aliphatic heterocycles. The van der Waals surface area contributed by atoms with Gasteiger partial charge >= 0.3 is 0 Å². The molecule has 106 valence electrons. The van der Waals surface area contributed by atoms with Crippen LogP contribution in [-0.2, 0) is 11.3 Å². The van der Waals surface area contributed by atoms with Gasteiger partial charge in [-0.2, -0.15) is 0 Å². The van der Waals surface area contributed by atoms with Crippen LogP contribution in [0.5, 0.6) is 0 Å². The number of nitrogens with zero attached hydrogens (tertiary/aromatic N) is 2. The fourth-order valence-electron chi connectivity index (χ4n) is 2.33. The number of anilines is 1. The van der Waals surface area contributed by atoms with E-state index in [1.54, 1.807) is 0 Å². The Morgan fingerprint density at radius 1 is 1.47 bits per heavy atom. The molecule has 19 heavy (non-hydrogen) atoms. The lowest BCUT2D eigenvalue weighted by Crippen LogP contribution is -2.52. The second kappa shape index (κ2) is 6.35. The van der Waals surface area contributed by atoms with Crippen LogP contribution in [0, 0.1) is 0 Å². The molecule has 0 aromatic carbocycles. The summed E-state index contributed by atoms with van der Waals surface area (Å²) < 4.78 is 5.56. The second-order valence-corrected chi connectivity index (χ2v) is 5.76. The summed E-state index contributed by atoms with van der Waals surface area (Å²) in [5.41, 5.74) is 1.42. The highest BCUT2D eigenvalue weighted by molar-refractivity contribution is 5.37. The molecule has 0 aliphatic carbocycles. The van der Waals surface area contributed by atoms with Gasteiger partial charge in [0.05, 0.1) is 13.2 Å². The van der Waals surface area contributed by atoms with Crippen LogP contribution in [0.25, 0.3) is 0 Å². The Morgan fingerprint density at radius 2 is 2.32 bits per heavy atom. The molecule has 1 N–H and O–H groups in total. The van der Waals surface area contributed by atoms with Crippen LogP contribution in [-0.4, -0.2) is 41.7 Å². The van der Waals surface area contributed by atoms with Gasteiger partial charge in [0.2, 0.25) is 0 Å². The molecular formula is C15H25N3O. The van der Waals surface area contributed by atoms with Gasteiger partial charge in [0.15, 0.2) is 0 Å². The largest absolute Gasteiger partial charge is 0.378 e. The van der Waals surface area contributed by atoms with Gasteiger partial charge in [0.1, 0.15) is 5.82 Å². The van der Waals surface area contributed by atoms with Crippen LogP contribution in [0.15, 0.2) is 18.3 Å². The number of morpholine rings is 1. The molecule has 0 spiro atoms. The Balaban J connectivity index is 2.01. The van der Waals surface area contributed by atoms with E-state index in [1.807, 2.05) is 6.20 Å². The lowest BCUT2D eigenvalue weighted by molar-refractivity contribution is -0.0552. The minimum atomic E-state index is 0.110. The number of ether oxygens (including phenoxy) is 1. The standard InChI is InChI=1S/C15H25N3O/c1-4-6-16-14-10-13(5-7-17-14)11-18-8-9-19-12-15(18,2)3/h5,7,10H,4,6,8-9,11-12H2,1-3H3,(H,16,17). The van der Waals surface area contributed by atoms with Crippen molar-refractivity contribution in [2.75, 3.05) is 31.6 Å². The summed E-state index contributed by atoms with van der Waals surface area (Å²) in [4.78, 5) is 6.83. The van der Waals surface area contributed by atoms with E-state index in [0.717, 1.165) is 45.1 Å². The molecule has 4 nitrogen and oxygen atoms in total. The third-order valence-electron chi connectivity index (χ3n) is 3.57. The van der Waals surface area contributed by atoms with Gasteiger partial charge in [-0.3, -0.25) is 4.90 Å². The van der Waals surface area contributed by atoms with Gasteiger partial charge in [-0.1, -0.05) is 6.92 Å². The number of hydrogen-bond donors (Lipinski definition) is 1. The number of rotatable bonds is 5. The minimum absolute atomic E-state index is 0.110. The first-order valence-electron chi connectivity index (χ1n) is 7.13. The van der Waals surface area contributed by atoms with Crippen molar-refractivity contribution in [2.45, 2.75) is 39.3 Å². The maximum atomic E-state index is 5.56. The maximum absolute atomic E-state index is 5.56. The van der Waals surface area contributed by atoms with Gasteiger partial charge in [-0.05, 0) is 38.0 Å². The van der Waals surface area contributed by atoms with Crippen molar-refractivity contribution in [3.8, 4) is 0 Å². The molecule has 4 heteroatoms. The number of aromatic nitrogens is 1. The third-order valence-corrected chi connectivity index (χ3v) is 3.57.